The molecule has 0 radical (unpaired) electrons. The Morgan fingerprint density at radius 3 is 2.60 bits per heavy atom. The van der Waals surface area contributed by atoms with E-state index in [1.165, 1.54) is 0 Å². The van der Waals surface area contributed by atoms with Gasteiger partial charge in [-0.1, -0.05) is 47.1 Å². The Morgan fingerprint density at radius 2 is 1.89 bits per heavy atom. The summed E-state index contributed by atoms with van der Waals surface area (Å²) in [5, 5.41) is 0.507. The van der Waals surface area contributed by atoms with Gasteiger partial charge in [0.2, 0.25) is 0 Å². The number of benzene rings is 3. The second-order valence-corrected chi connectivity index (χ2v) is 9.40. The highest BCUT2D eigenvalue weighted by atomic mass is 79.9. The number of aromatic nitrogens is 2. The van der Waals surface area contributed by atoms with E-state index < -0.39 is 6.04 Å². The molecule has 35 heavy (non-hydrogen) atoms. The van der Waals surface area contributed by atoms with E-state index in [9.17, 15) is 9.59 Å². The summed E-state index contributed by atoms with van der Waals surface area (Å²) in [5.41, 5.74) is 2.54. The predicted molar refractivity (Wildman–Crippen MR) is 143 cm³/mol. The summed E-state index contributed by atoms with van der Waals surface area (Å²) in [6, 6.07) is 19.8. The molecule has 0 aliphatic rings. The Kier molecular flexibility index (Phi) is 7.36. The molecular weight excluding hydrogens is 506 g/mol. The number of carbonyl (C=O) groups is 1. The Balaban J connectivity index is 1.96. The average molecular weight is 534 g/mol. The minimum Gasteiger partial charge on any atom is -0.495 e. The summed E-state index contributed by atoms with van der Waals surface area (Å²) in [7, 11) is 1.58. The maximum atomic E-state index is 13.9. The van der Waals surface area contributed by atoms with Gasteiger partial charge in [0.25, 0.3) is 11.5 Å². The van der Waals surface area contributed by atoms with E-state index in [1.807, 2.05) is 75.4 Å². The molecule has 0 bridgehead atoms. The second-order valence-electron chi connectivity index (χ2n) is 8.49. The molecular formula is C28H28BrN3O3. The van der Waals surface area contributed by atoms with Crippen molar-refractivity contribution in [2.24, 2.45) is 0 Å². The van der Waals surface area contributed by atoms with Gasteiger partial charge in [-0.2, -0.15) is 0 Å². The molecule has 1 atom stereocenters. The Hall–Kier alpha value is -3.45. The number of ether oxygens (including phenoxy) is 1. The van der Waals surface area contributed by atoms with Crippen LogP contribution in [0.2, 0.25) is 0 Å². The first-order valence-corrected chi connectivity index (χ1v) is 12.4. The maximum absolute atomic E-state index is 13.9. The Morgan fingerprint density at radius 1 is 1.11 bits per heavy atom. The molecule has 180 valence electrons. The number of hydrogen-bond acceptors (Lipinski definition) is 4. The molecule has 0 spiro atoms. The third-order valence-electron chi connectivity index (χ3n) is 6.02. The van der Waals surface area contributed by atoms with Crippen molar-refractivity contribution in [1.29, 1.82) is 0 Å². The number of amides is 1. The molecule has 1 amide bonds. The number of hydrogen-bond donors (Lipinski definition) is 0. The summed E-state index contributed by atoms with van der Waals surface area (Å²) in [6.45, 7) is 6.42. The molecule has 0 saturated carbocycles. The number of fused-ring (bicyclic) bond motifs is 1. The topological polar surface area (TPSA) is 64.4 Å². The lowest BCUT2D eigenvalue weighted by atomic mass is 10.1. The fourth-order valence-corrected chi connectivity index (χ4v) is 4.68. The van der Waals surface area contributed by atoms with Crippen LogP contribution in [0.25, 0.3) is 16.6 Å². The van der Waals surface area contributed by atoms with Crippen LogP contribution in [0.5, 0.6) is 5.75 Å². The van der Waals surface area contributed by atoms with Crippen LogP contribution < -0.4 is 10.3 Å². The monoisotopic (exact) mass is 533 g/mol. The Bertz CT molecular complexity index is 1450. The van der Waals surface area contributed by atoms with Gasteiger partial charge in [-0.3, -0.25) is 14.2 Å². The van der Waals surface area contributed by atoms with Gasteiger partial charge < -0.3 is 9.64 Å². The molecule has 0 N–H and O–H groups in total. The SMILES string of the molecule is CCCN(C(=O)c1cccc(Br)c1)C(C)c1nc2ccccc2c(=O)n1-c1cc(C)ccc1OC. The number of nitrogens with zero attached hydrogens (tertiary/aromatic N) is 3. The van der Waals surface area contributed by atoms with E-state index in [-0.39, 0.29) is 11.5 Å². The summed E-state index contributed by atoms with van der Waals surface area (Å²) in [4.78, 5) is 34.2. The van der Waals surface area contributed by atoms with Gasteiger partial charge in [-0.15, -0.1) is 0 Å². The van der Waals surface area contributed by atoms with Crippen molar-refractivity contribution in [3.05, 3.63) is 98.5 Å². The number of halogens is 1. The minimum absolute atomic E-state index is 0.120. The standard InChI is InChI=1S/C28H28BrN3O3/c1-5-15-31(27(33)20-9-8-10-21(29)17-20)19(3)26-30-23-12-7-6-11-22(23)28(34)32(26)24-16-18(2)13-14-25(24)35-4/h6-14,16-17,19H,5,15H2,1-4H3. The van der Waals surface area contributed by atoms with E-state index in [4.69, 9.17) is 9.72 Å². The van der Waals surface area contributed by atoms with E-state index in [0.29, 0.717) is 40.3 Å². The molecule has 4 aromatic rings. The lowest BCUT2D eigenvalue weighted by Crippen LogP contribution is -2.38. The van der Waals surface area contributed by atoms with Crippen LogP contribution in [0.1, 0.15) is 48.1 Å². The van der Waals surface area contributed by atoms with Crippen molar-refractivity contribution >= 4 is 32.7 Å². The highest BCUT2D eigenvalue weighted by Gasteiger charge is 2.28. The van der Waals surface area contributed by atoms with Crippen LogP contribution in [0.15, 0.2) is 76.0 Å². The van der Waals surface area contributed by atoms with Crippen molar-refractivity contribution in [2.75, 3.05) is 13.7 Å². The zero-order chi connectivity index (χ0) is 25.1. The smallest absolute Gasteiger partial charge is 0.266 e. The summed E-state index contributed by atoms with van der Waals surface area (Å²) in [6.07, 6.45) is 0.760. The molecule has 1 unspecified atom stereocenters. The summed E-state index contributed by atoms with van der Waals surface area (Å²) in [5.74, 6) is 0.920. The first-order valence-electron chi connectivity index (χ1n) is 11.6. The molecule has 0 fully saturated rings. The summed E-state index contributed by atoms with van der Waals surface area (Å²) >= 11 is 3.46. The van der Waals surface area contributed by atoms with Gasteiger partial charge in [0.1, 0.15) is 11.6 Å². The van der Waals surface area contributed by atoms with Crippen LogP contribution in [0, 0.1) is 6.92 Å². The predicted octanol–water partition coefficient (Wildman–Crippen LogP) is 6.08. The number of carbonyl (C=O) groups excluding carboxylic acids is 1. The largest absolute Gasteiger partial charge is 0.495 e. The molecule has 0 aliphatic carbocycles. The van der Waals surface area contributed by atoms with Crippen molar-refractivity contribution < 1.29 is 9.53 Å². The molecule has 3 aromatic carbocycles. The maximum Gasteiger partial charge on any atom is 0.266 e. The zero-order valence-electron chi connectivity index (χ0n) is 20.3. The molecule has 4 rings (SSSR count). The third kappa shape index (κ3) is 4.86. The van der Waals surface area contributed by atoms with Crippen LogP contribution in [0.3, 0.4) is 0 Å². The lowest BCUT2D eigenvalue weighted by Gasteiger charge is -2.30. The molecule has 0 saturated heterocycles. The first-order chi connectivity index (χ1) is 16.8. The number of rotatable bonds is 7. The minimum atomic E-state index is -0.482. The van der Waals surface area contributed by atoms with Crippen LogP contribution in [0.4, 0.5) is 0 Å². The van der Waals surface area contributed by atoms with Gasteiger partial charge in [-0.05, 0) is 68.3 Å². The lowest BCUT2D eigenvalue weighted by molar-refractivity contribution is 0.0681. The number of aryl methyl sites for hydroxylation is 1. The highest BCUT2D eigenvalue weighted by Crippen LogP contribution is 2.29. The highest BCUT2D eigenvalue weighted by molar-refractivity contribution is 9.10. The number of para-hydroxylation sites is 1. The van der Waals surface area contributed by atoms with Gasteiger partial charge in [0.05, 0.1) is 29.7 Å². The van der Waals surface area contributed by atoms with Crippen molar-refractivity contribution in [3.8, 4) is 11.4 Å². The molecule has 1 aromatic heterocycles. The third-order valence-corrected chi connectivity index (χ3v) is 6.51. The molecule has 1 heterocycles. The van der Waals surface area contributed by atoms with Crippen molar-refractivity contribution in [2.45, 2.75) is 33.2 Å². The van der Waals surface area contributed by atoms with E-state index in [2.05, 4.69) is 15.9 Å². The van der Waals surface area contributed by atoms with Crippen LogP contribution in [-0.4, -0.2) is 34.0 Å². The first kappa shape index (κ1) is 24.7. The number of methoxy groups -OCH3 is 1. The van der Waals surface area contributed by atoms with Crippen LogP contribution >= 0.6 is 15.9 Å². The van der Waals surface area contributed by atoms with E-state index in [0.717, 1.165) is 16.5 Å². The summed E-state index contributed by atoms with van der Waals surface area (Å²) < 4.78 is 8.05. The zero-order valence-corrected chi connectivity index (χ0v) is 21.9. The van der Waals surface area contributed by atoms with Gasteiger partial charge in [0, 0.05) is 16.6 Å². The van der Waals surface area contributed by atoms with Crippen molar-refractivity contribution in [1.82, 2.24) is 14.5 Å². The molecule has 6 nitrogen and oxygen atoms in total. The quantitative estimate of drug-likeness (QED) is 0.288. The normalized spacial score (nSPS) is 11.9. The van der Waals surface area contributed by atoms with Crippen molar-refractivity contribution in [3.63, 3.8) is 0 Å². The molecule has 7 heteroatoms. The van der Waals surface area contributed by atoms with Gasteiger partial charge in [0.15, 0.2) is 0 Å². The average Bonchev–Trinajstić information content (AvgIpc) is 2.86. The fraction of sp³-hybridized carbons (Fsp3) is 0.250. The Labute approximate surface area is 213 Å². The van der Waals surface area contributed by atoms with Gasteiger partial charge >= 0.3 is 0 Å². The van der Waals surface area contributed by atoms with E-state index >= 15 is 0 Å². The second kappa shape index (κ2) is 10.4. The van der Waals surface area contributed by atoms with Gasteiger partial charge in [-0.25, -0.2) is 4.98 Å². The van der Waals surface area contributed by atoms with Crippen LogP contribution in [-0.2, 0) is 0 Å². The molecule has 0 aliphatic heterocycles. The fourth-order valence-electron chi connectivity index (χ4n) is 4.28. The van der Waals surface area contributed by atoms with E-state index in [1.54, 1.807) is 28.7 Å².